The smallest absolute Gasteiger partial charge is 0.273 e. The third-order valence-corrected chi connectivity index (χ3v) is 3.62. The summed E-state index contributed by atoms with van der Waals surface area (Å²) in [6.45, 7) is 1.79. The van der Waals surface area contributed by atoms with Crippen molar-refractivity contribution in [1.82, 2.24) is 5.32 Å². The van der Waals surface area contributed by atoms with E-state index >= 15 is 0 Å². The van der Waals surface area contributed by atoms with Crippen molar-refractivity contribution in [3.63, 3.8) is 0 Å². The number of carbonyl (C=O) groups is 2. The SMILES string of the molecule is CCc1ccc(C(=O)N[C@H](C(N)=O)c2ccccc2)cc1[N+](=O)[O-]. The number of nitrogens with two attached hydrogens (primary N) is 1. The van der Waals surface area contributed by atoms with Gasteiger partial charge in [-0.15, -0.1) is 0 Å². The van der Waals surface area contributed by atoms with Crippen LogP contribution < -0.4 is 11.1 Å². The van der Waals surface area contributed by atoms with Crippen molar-refractivity contribution < 1.29 is 14.5 Å². The molecule has 0 spiro atoms. The Morgan fingerprint density at radius 3 is 2.42 bits per heavy atom. The Bertz CT molecular complexity index is 775. The van der Waals surface area contributed by atoms with Gasteiger partial charge in [-0.25, -0.2) is 0 Å². The fourth-order valence-corrected chi connectivity index (χ4v) is 2.35. The minimum Gasteiger partial charge on any atom is -0.368 e. The maximum absolute atomic E-state index is 12.4. The van der Waals surface area contributed by atoms with Crippen molar-refractivity contribution in [2.45, 2.75) is 19.4 Å². The second-order valence-electron chi connectivity index (χ2n) is 5.17. The molecule has 0 saturated carbocycles. The van der Waals surface area contributed by atoms with Crippen LogP contribution in [0.15, 0.2) is 48.5 Å². The number of rotatable bonds is 6. The fraction of sp³-hybridized carbons (Fsp3) is 0.176. The second kappa shape index (κ2) is 7.36. The summed E-state index contributed by atoms with van der Waals surface area (Å²) in [5.41, 5.74) is 6.40. The minimum absolute atomic E-state index is 0.0982. The van der Waals surface area contributed by atoms with Crippen LogP contribution in [0.25, 0.3) is 0 Å². The van der Waals surface area contributed by atoms with E-state index in [0.717, 1.165) is 0 Å². The summed E-state index contributed by atoms with van der Waals surface area (Å²) in [5, 5.41) is 13.6. The Balaban J connectivity index is 2.29. The molecule has 1 atom stereocenters. The topological polar surface area (TPSA) is 115 Å². The van der Waals surface area contributed by atoms with E-state index in [1.165, 1.54) is 18.2 Å². The standard InChI is InChI=1S/C17H17N3O4/c1-2-11-8-9-13(10-14(11)20(23)24)17(22)19-15(16(18)21)12-6-4-3-5-7-12/h3-10,15H,2H2,1H3,(H2,18,21)(H,19,22)/t15-/m0/s1. The van der Waals surface area contributed by atoms with Gasteiger partial charge in [-0.3, -0.25) is 19.7 Å². The van der Waals surface area contributed by atoms with Crippen LogP contribution in [0.4, 0.5) is 5.69 Å². The monoisotopic (exact) mass is 327 g/mol. The van der Waals surface area contributed by atoms with Crippen LogP contribution in [0.1, 0.15) is 34.5 Å². The summed E-state index contributed by atoms with van der Waals surface area (Å²) >= 11 is 0. The predicted octanol–water partition coefficient (Wildman–Crippen LogP) is 2.11. The summed E-state index contributed by atoms with van der Waals surface area (Å²) in [5.74, 6) is -1.32. The Morgan fingerprint density at radius 2 is 1.88 bits per heavy atom. The van der Waals surface area contributed by atoms with Crippen LogP contribution in [-0.2, 0) is 11.2 Å². The van der Waals surface area contributed by atoms with E-state index in [2.05, 4.69) is 5.32 Å². The van der Waals surface area contributed by atoms with Crippen LogP contribution in [0.2, 0.25) is 0 Å². The molecule has 0 heterocycles. The molecule has 2 amide bonds. The second-order valence-corrected chi connectivity index (χ2v) is 5.17. The van der Waals surface area contributed by atoms with E-state index in [4.69, 9.17) is 5.73 Å². The number of nitrogens with zero attached hydrogens (tertiary/aromatic N) is 1. The molecule has 24 heavy (non-hydrogen) atoms. The quantitative estimate of drug-likeness (QED) is 0.624. The molecule has 7 heteroatoms. The molecule has 0 radical (unpaired) electrons. The Hall–Kier alpha value is -3.22. The van der Waals surface area contributed by atoms with Crippen molar-refractivity contribution in [2.24, 2.45) is 5.73 Å². The maximum Gasteiger partial charge on any atom is 0.273 e. The lowest BCUT2D eigenvalue weighted by atomic mass is 10.0. The molecule has 0 fully saturated rings. The van der Waals surface area contributed by atoms with Crippen molar-refractivity contribution in [3.8, 4) is 0 Å². The number of amides is 2. The highest BCUT2D eigenvalue weighted by molar-refractivity contribution is 5.98. The van der Waals surface area contributed by atoms with Crippen molar-refractivity contribution >= 4 is 17.5 Å². The molecule has 0 bridgehead atoms. The fourth-order valence-electron chi connectivity index (χ4n) is 2.35. The Morgan fingerprint density at radius 1 is 1.21 bits per heavy atom. The number of nitrogens with one attached hydrogen (secondary N) is 1. The number of nitro benzene ring substituents is 1. The first-order valence-corrected chi connectivity index (χ1v) is 7.36. The number of nitro groups is 1. The third kappa shape index (κ3) is 3.75. The first-order valence-electron chi connectivity index (χ1n) is 7.36. The molecule has 0 unspecified atom stereocenters. The van der Waals surface area contributed by atoms with E-state index in [1.54, 1.807) is 37.3 Å². The van der Waals surface area contributed by atoms with E-state index < -0.39 is 22.8 Å². The highest BCUT2D eigenvalue weighted by atomic mass is 16.6. The lowest BCUT2D eigenvalue weighted by Crippen LogP contribution is -2.37. The van der Waals surface area contributed by atoms with E-state index in [-0.39, 0.29) is 11.3 Å². The number of aryl methyl sites for hydroxylation is 1. The van der Waals surface area contributed by atoms with Crippen molar-refractivity contribution in [1.29, 1.82) is 0 Å². The van der Waals surface area contributed by atoms with Crippen LogP contribution in [0.5, 0.6) is 0 Å². The van der Waals surface area contributed by atoms with E-state index in [9.17, 15) is 19.7 Å². The molecule has 0 aromatic heterocycles. The van der Waals surface area contributed by atoms with Gasteiger partial charge in [0.25, 0.3) is 11.6 Å². The molecule has 2 aromatic carbocycles. The predicted molar refractivity (Wildman–Crippen MR) is 88.3 cm³/mol. The van der Waals surface area contributed by atoms with Gasteiger partial charge >= 0.3 is 0 Å². The molecule has 7 nitrogen and oxygen atoms in total. The maximum atomic E-state index is 12.4. The van der Waals surface area contributed by atoms with Gasteiger partial charge in [-0.2, -0.15) is 0 Å². The van der Waals surface area contributed by atoms with Gasteiger partial charge in [0.15, 0.2) is 0 Å². The van der Waals surface area contributed by atoms with Crippen molar-refractivity contribution in [2.75, 3.05) is 0 Å². The average molecular weight is 327 g/mol. The summed E-state index contributed by atoms with van der Waals surface area (Å²) in [7, 11) is 0. The number of hydrogen-bond donors (Lipinski definition) is 2. The first kappa shape index (κ1) is 17.1. The molecule has 0 aliphatic carbocycles. The largest absolute Gasteiger partial charge is 0.368 e. The Kier molecular flexibility index (Phi) is 5.26. The lowest BCUT2D eigenvalue weighted by molar-refractivity contribution is -0.385. The zero-order chi connectivity index (χ0) is 17.7. The minimum atomic E-state index is -1.01. The van der Waals surface area contributed by atoms with Gasteiger partial charge in [-0.1, -0.05) is 43.3 Å². The highest BCUT2D eigenvalue weighted by Gasteiger charge is 2.22. The molecule has 2 rings (SSSR count). The molecular weight excluding hydrogens is 310 g/mol. The number of hydrogen-bond acceptors (Lipinski definition) is 4. The van der Waals surface area contributed by atoms with Gasteiger partial charge in [0, 0.05) is 17.2 Å². The number of primary amides is 1. The number of benzene rings is 2. The van der Waals surface area contributed by atoms with Crippen molar-refractivity contribution in [3.05, 3.63) is 75.3 Å². The summed E-state index contributed by atoms with van der Waals surface area (Å²) in [4.78, 5) is 34.6. The van der Waals surface area contributed by atoms with Gasteiger partial charge in [0.1, 0.15) is 6.04 Å². The van der Waals surface area contributed by atoms with Crippen LogP contribution >= 0.6 is 0 Å². The van der Waals surface area contributed by atoms with Gasteiger partial charge < -0.3 is 11.1 Å². The molecule has 3 N–H and O–H groups in total. The van der Waals surface area contributed by atoms with E-state index in [0.29, 0.717) is 17.5 Å². The lowest BCUT2D eigenvalue weighted by Gasteiger charge is -2.16. The highest BCUT2D eigenvalue weighted by Crippen LogP contribution is 2.21. The van der Waals surface area contributed by atoms with Gasteiger partial charge in [0.2, 0.25) is 5.91 Å². The van der Waals surface area contributed by atoms with Crippen LogP contribution in [0.3, 0.4) is 0 Å². The van der Waals surface area contributed by atoms with E-state index in [1.807, 2.05) is 0 Å². The Labute approximate surface area is 138 Å². The third-order valence-electron chi connectivity index (χ3n) is 3.62. The van der Waals surface area contributed by atoms with Gasteiger partial charge in [-0.05, 0) is 18.1 Å². The molecule has 0 aliphatic heterocycles. The van der Waals surface area contributed by atoms with Crippen LogP contribution in [0, 0.1) is 10.1 Å². The summed E-state index contributed by atoms with van der Waals surface area (Å²) in [6.07, 6.45) is 0.478. The zero-order valence-electron chi connectivity index (χ0n) is 13.1. The molecule has 0 aliphatic rings. The average Bonchev–Trinajstić information content (AvgIpc) is 2.59. The zero-order valence-corrected chi connectivity index (χ0v) is 13.1. The number of carbonyl (C=O) groups excluding carboxylic acids is 2. The first-order chi connectivity index (χ1) is 11.4. The van der Waals surface area contributed by atoms with Gasteiger partial charge in [0.05, 0.1) is 4.92 Å². The summed E-state index contributed by atoms with van der Waals surface area (Å²) < 4.78 is 0. The molecule has 2 aromatic rings. The molecule has 124 valence electrons. The molecular formula is C17H17N3O4. The molecule has 0 saturated heterocycles. The van der Waals surface area contributed by atoms with Crippen LogP contribution in [-0.4, -0.2) is 16.7 Å². The summed E-state index contributed by atoms with van der Waals surface area (Å²) in [6, 6.07) is 11.8. The normalized spacial score (nSPS) is 11.5.